The molecule has 0 aliphatic rings. The molecule has 0 bridgehead atoms. The molecule has 0 aliphatic heterocycles. The van der Waals surface area contributed by atoms with Crippen LogP contribution in [0, 0.1) is 0 Å². The highest BCUT2D eigenvalue weighted by Crippen LogP contribution is 1.93. The first-order chi connectivity index (χ1) is 5.81. The summed E-state index contributed by atoms with van der Waals surface area (Å²) in [6.45, 7) is 7.58. The minimum Gasteiger partial charge on any atom is -0.351 e. The van der Waals surface area contributed by atoms with Crippen LogP contribution in [0.4, 0.5) is 0 Å². The Morgan fingerprint density at radius 1 is 1.25 bits per heavy atom. The molecule has 0 N–H and O–H groups in total. The van der Waals surface area contributed by atoms with Crippen molar-refractivity contribution >= 4 is 0 Å². The summed E-state index contributed by atoms with van der Waals surface area (Å²) in [6.07, 6.45) is 3.06. The van der Waals surface area contributed by atoms with E-state index in [2.05, 4.69) is 19.3 Å². The molecule has 0 amide bonds. The van der Waals surface area contributed by atoms with Gasteiger partial charge in [-0.25, -0.2) is 0 Å². The van der Waals surface area contributed by atoms with Gasteiger partial charge in [0.05, 0.1) is 0 Å². The van der Waals surface area contributed by atoms with Gasteiger partial charge in [-0.05, 0) is 19.8 Å². The van der Waals surface area contributed by atoms with Gasteiger partial charge in [0.1, 0.15) is 0 Å². The standard InChI is InChI=1S/C9H20NO2/c1-4-6-7-10-12-9(3)11-8-5-2/h9H,4-8H2,1-3H3. The Morgan fingerprint density at radius 2 is 2.00 bits per heavy atom. The summed E-state index contributed by atoms with van der Waals surface area (Å²) in [5.41, 5.74) is 3.89. The second-order valence-corrected chi connectivity index (χ2v) is 2.75. The average molecular weight is 174 g/mol. The predicted octanol–water partition coefficient (Wildman–Crippen LogP) is 2.10. The van der Waals surface area contributed by atoms with Crippen molar-refractivity contribution in [1.82, 2.24) is 5.48 Å². The normalized spacial score (nSPS) is 13.2. The third-order valence-corrected chi connectivity index (χ3v) is 1.38. The lowest BCUT2D eigenvalue weighted by molar-refractivity contribution is -0.172. The molecule has 1 unspecified atom stereocenters. The molecule has 0 spiro atoms. The van der Waals surface area contributed by atoms with Crippen LogP contribution < -0.4 is 5.48 Å². The number of unbranched alkanes of at least 4 members (excludes halogenated alkanes) is 1. The number of nitrogens with zero attached hydrogens (tertiary/aromatic N) is 1. The summed E-state index contributed by atoms with van der Waals surface area (Å²) < 4.78 is 5.26. The molecular formula is C9H20NO2. The van der Waals surface area contributed by atoms with E-state index in [0.717, 1.165) is 32.4 Å². The van der Waals surface area contributed by atoms with Crippen molar-refractivity contribution in [2.24, 2.45) is 0 Å². The van der Waals surface area contributed by atoms with E-state index >= 15 is 0 Å². The Balaban J connectivity index is 3.02. The number of ether oxygens (including phenoxy) is 1. The van der Waals surface area contributed by atoms with Crippen molar-refractivity contribution in [3.63, 3.8) is 0 Å². The summed E-state index contributed by atoms with van der Waals surface area (Å²) in [5.74, 6) is 0. The molecule has 0 aromatic heterocycles. The topological polar surface area (TPSA) is 32.6 Å². The largest absolute Gasteiger partial charge is 0.351 e. The van der Waals surface area contributed by atoms with Gasteiger partial charge < -0.3 is 4.74 Å². The van der Waals surface area contributed by atoms with E-state index in [0.29, 0.717) is 0 Å². The van der Waals surface area contributed by atoms with Crippen molar-refractivity contribution in [3.05, 3.63) is 0 Å². The zero-order chi connectivity index (χ0) is 9.23. The van der Waals surface area contributed by atoms with E-state index in [9.17, 15) is 0 Å². The molecule has 0 rings (SSSR count). The van der Waals surface area contributed by atoms with Gasteiger partial charge in [0.15, 0.2) is 6.29 Å². The van der Waals surface area contributed by atoms with Crippen LogP contribution in [0.3, 0.4) is 0 Å². The van der Waals surface area contributed by atoms with Gasteiger partial charge in [0, 0.05) is 13.2 Å². The molecule has 1 atom stereocenters. The summed E-state index contributed by atoms with van der Waals surface area (Å²) in [6, 6.07) is 0. The number of hydrogen-bond acceptors (Lipinski definition) is 2. The molecule has 0 fully saturated rings. The van der Waals surface area contributed by atoms with Crippen LogP contribution in [0.15, 0.2) is 0 Å². The molecule has 1 radical (unpaired) electrons. The monoisotopic (exact) mass is 174 g/mol. The van der Waals surface area contributed by atoms with Crippen molar-refractivity contribution in [2.45, 2.75) is 46.3 Å². The van der Waals surface area contributed by atoms with E-state index in [-0.39, 0.29) is 6.29 Å². The Hall–Kier alpha value is -0.120. The molecule has 0 saturated heterocycles. The van der Waals surface area contributed by atoms with Crippen LogP contribution in [-0.4, -0.2) is 19.4 Å². The van der Waals surface area contributed by atoms with Gasteiger partial charge in [-0.2, -0.15) is 0 Å². The molecule has 0 heterocycles. The fraction of sp³-hybridized carbons (Fsp3) is 1.00. The molecular weight excluding hydrogens is 154 g/mol. The van der Waals surface area contributed by atoms with Crippen LogP contribution in [0.1, 0.15) is 40.0 Å². The van der Waals surface area contributed by atoms with Crippen molar-refractivity contribution < 1.29 is 9.57 Å². The first kappa shape index (κ1) is 11.9. The summed E-state index contributed by atoms with van der Waals surface area (Å²) in [5, 5.41) is 0. The Bertz CT molecular complexity index is 88.6. The quantitative estimate of drug-likeness (QED) is 0.320. The van der Waals surface area contributed by atoms with Gasteiger partial charge in [0.2, 0.25) is 0 Å². The highest BCUT2D eigenvalue weighted by Gasteiger charge is 2.00. The summed E-state index contributed by atoms with van der Waals surface area (Å²) in [4.78, 5) is 5.05. The summed E-state index contributed by atoms with van der Waals surface area (Å²) >= 11 is 0. The zero-order valence-electron chi connectivity index (χ0n) is 8.38. The maximum Gasteiger partial charge on any atom is 0.176 e. The van der Waals surface area contributed by atoms with E-state index < -0.39 is 0 Å². The first-order valence-electron chi connectivity index (χ1n) is 4.75. The van der Waals surface area contributed by atoms with E-state index in [1.54, 1.807) is 0 Å². The second kappa shape index (κ2) is 8.97. The van der Waals surface area contributed by atoms with Gasteiger partial charge >= 0.3 is 0 Å². The highest BCUT2D eigenvalue weighted by molar-refractivity contribution is 4.35. The maximum atomic E-state index is 5.26. The molecule has 0 saturated carbocycles. The maximum absolute atomic E-state index is 5.26. The minimum absolute atomic E-state index is 0.193. The smallest absolute Gasteiger partial charge is 0.176 e. The van der Waals surface area contributed by atoms with Crippen LogP contribution >= 0.6 is 0 Å². The van der Waals surface area contributed by atoms with Crippen LogP contribution in [0.25, 0.3) is 0 Å². The lowest BCUT2D eigenvalue weighted by atomic mass is 10.3. The average Bonchev–Trinajstić information content (AvgIpc) is 2.09. The molecule has 0 aliphatic carbocycles. The fourth-order valence-corrected chi connectivity index (χ4v) is 0.695. The van der Waals surface area contributed by atoms with Gasteiger partial charge in [-0.15, -0.1) is 0 Å². The molecule has 73 valence electrons. The molecule has 12 heavy (non-hydrogen) atoms. The molecule has 3 nitrogen and oxygen atoms in total. The van der Waals surface area contributed by atoms with Crippen LogP contribution in [0.2, 0.25) is 0 Å². The van der Waals surface area contributed by atoms with Gasteiger partial charge in [-0.3, -0.25) is 4.84 Å². The molecule has 3 heteroatoms. The fourth-order valence-electron chi connectivity index (χ4n) is 0.695. The number of rotatable bonds is 8. The van der Waals surface area contributed by atoms with Crippen molar-refractivity contribution in [3.8, 4) is 0 Å². The van der Waals surface area contributed by atoms with E-state index in [1.807, 2.05) is 6.92 Å². The van der Waals surface area contributed by atoms with E-state index in [4.69, 9.17) is 9.57 Å². The summed E-state index contributed by atoms with van der Waals surface area (Å²) in [7, 11) is 0. The molecule has 0 aromatic rings. The van der Waals surface area contributed by atoms with Crippen molar-refractivity contribution in [1.29, 1.82) is 0 Å². The van der Waals surface area contributed by atoms with Crippen molar-refractivity contribution in [2.75, 3.05) is 13.2 Å². The minimum atomic E-state index is -0.193. The second-order valence-electron chi connectivity index (χ2n) is 2.75. The van der Waals surface area contributed by atoms with E-state index in [1.165, 1.54) is 0 Å². The van der Waals surface area contributed by atoms with Gasteiger partial charge in [-0.1, -0.05) is 25.7 Å². The third-order valence-electron chi connectivity index (χ3n) is 1.38. The van der Waals surface area contributed by atoms with Gasteiger partial charge in [0.25, 0.3) is 0 Å². The molecule has 0 aromatic carbocycles. The predicted molar refractivity (Wildman–Crippen MR) is 48.7 cm³/mol. The third kappa shape index (κ3) is 7.98. The first-order valence-corrected chi connectivity index (χ1v) is 4.75. The number of hydrogen-bond donors (Lipinski definition) is 0. The van der Waals surface area contributed by atoms with Crippen LogP contribution in [-0.2, 0) is 9.57 Å². The number of hydroxylamine groups is 1. The Labute approximate surface area is 75.4 Å². The Morgan fingerprint density at radius 3 is 2.58 bits per heavy atom. The SMILES string of the molecule is CCCC[N]OC(C)OCCC. The van der Waals surface area contributed by atoms with Crippen LogP contribution in [0.5, 0.6) is 0 Å². The Kier molecular flexibility index (Phi) is 8.88. The highest BCUT2D eigenvalue weighted by atomic mass is 16.8. The zero-order valence-corrected chi connectivity index (χ0v) is 8.38. The lowest BCUT2D eigenvalue weighted by Crippen LogP contribution is -2.19. The lowest BCUT2D eigenvalue weighted by Gasteiger charge is -2.11.